The first-order valence-electron chi connectivity index (χ1n) is 11.4. The van der Waals surface area contributed by atoms with Gasteiger partial charge in [-0.15, -0.1) is 5.10 Å². The average Bonchev–Trinajstić information content (AvgIpc) is 3.28. The Morgan fingerprint density at radius 1 is 1.12 bits per heavy atom. The van der Waals surface area contributed by atoms with Crippen molar-refractivity contribution in [3.05, 3.63) is 88.0 Å². The van der Waals surface area contributed by atoms with Gasteiger partial charge in [-0.2, -0.15) is 5.10 Å². The maximum absolute atomic E-state index is 14.4. The zero-order valence-corrected chi connectivity index (χ0v) is 18.2. The number of aromatic amines is 1. The molecule has 1 N–H and O–H groups in total. The van der Waals surface area contributed by atoms with E-state index in [0.29, 0.717) is 0 Å². The van der Waals surface area contributed by atoms with Crippen molar-refractivity contribution in [2.24, 2.45) is 5.92 Å². The highest BCUT2D eigenvalue weighted by atomic mass is 19.1. The largest absolute Gasteiger partial charge is 0.371 e. The van der Waals surface area contributed by atoms with Gasteiger partial charge in [0, 0.05) is 42.4 Å². The van der Waals surface area contributed by atoms with Crippen molar-refractivity contribution in [1.82, 2.24) is 15.2 Å². The summed E-state index contributed by atoms with van der Waals surface area (Å²) in [6, 6.07) is 9.23. The monoisotopic (exact) mass is 446 g/mol. The van der Waals surface area contributed by atoms with Crippen LogP contribution in [-0.4, -0.2) is 28.3 Å². The molecule has 2 aromatic heterocycles. The highest BCUT2D eigenvalue weighted by Gasteiger charge is 2.58. The number of benzene rings is 1. The lowest BCUT2D eigenvalue weighted by molar-refractivity contribution is 0.267. The van der Waals surface area contributed by atoms with Crippen molar-refractivity contribution in [2.45, 2.75) is 37.0 Å². The number of anilines is 1. The van der Waals surface area contributed by atoms with E-state index in [9.17, 15) is 13.6 Å². The number of fused-ring (bicyclic) bond motifs is 5. The first-order valence-corrected chi connectivity index (χ1v) is 11.4. The summed E-state index contributed by atoms with van der Waals surface area (Å²) in [7, 11) is 0. The van der Waals surface area contributed by atoms with Crippen molar-refractivity contribution < 1.29 is 8.78 Å². The number of hydrogen-bond donors (Lipinski definition) is 1. The fraction of sp³-hybridized carbons (Fsp3) is 0.346. The molecule has 0 unspecified atom stereocenters. The first kappa shape index (κ1) is 20.3. The highest BCUT2D eigenvalue weighted by Crippen LogP contribution is 2.64. The molecule has 3 aliphatic rings. The summed E-state index contributed by atoms with van der Waals surface area (Å²) >= 11 is 0. The minimum atomic E-state index is -0.637. The van der Waals surface area contributed by atoms with Crippen LogP contribution < -0.4 is 10.5 Å². The van der Waals surface area contributed by atoms with Crippen molar-refractivity contribution in [1.29, 1.82) is 0 Å². The number of rotatable bonds is 3. The van der Waals surface area contributed by atoms with Crippen molar-refractivity contribution in [3.8, 4) is 11.3 Å². The quantitative estimate of drug-likeness (QED) is 0.592. The van der Waals surface area contributed by atoms with Gasteiger partial charge in [0.25, 0.3) is 0 Å². The van der Waals surface area contributed by atoms with Crippen LogP contribution >= 0.6 is 0 Å². The molecule has 2 fully saturated rings. The topological polar surface area (TPSA) is 61.9 Å². The Bertz CT molecular complexity index is 1320. The second-order valence-electron chi connectivity index (χ2n) is 9.41. The molecule has 7 heteroatoms. The molecule has 1 aliphatic heterocycles. The van der Waals surface area contributed by atoms with Crippen LogP contribution in [-0.2, 0) is 5.41 Å². The van der Waals surface area contributed by atoms with Gasteiger partial charge in [0.05, 0.1) is 17.0 Å². The Hall–Kier alpha value is -3.35. The van der Waals surface area contributed by atoms with E-state index in [-0.39, 0.29) is 34.1 Å². The summed E-state index contributed by atoms with van der Waals surface area (Å²) in [5.74, 6) is -0.850. The summed E-state index contributed by atoms with van der Waals surface area (Å²) in [5.41, 5.74) is 3.71. The zero-order chi connectivity index (χ0) is 22.7. The van der Waals surface area contributed by atoms with Gasteiger partial charge < -0.3 is 9.88 Å². The number of allylic oxidation sites excluding steroid dienone is 1. The molecule has 6 rings (SSSR count). The standard InChI is InChI=1S/C26H24F2N4O/c1-15-18-7-9-26(15,16-4-3-11-32(14-16)17-8-10-29-23(33)12-17)25-19(18)13-22(30-31-25)24-20(27)5-2-6-21(24)28/h2,5-6,8,10,12-13,16,18H,1,3-4,7,9,11,14H2,(H,29,33)/t16-,18+,26-/m0/s1. The third kappa shape index (κ3) is 2.91. The molecule has 0 spiro atoms. The molecule has 2 bridgehead atoms. The SMILES string of the molecule is C=C1[C@H]2CC[C@]1([C@H]1CCCN(c3cc[nH]c(=O)c3)C1)c1nnc(-c3c(F)cccc3F)cc12. The number of aromatic nitrogens is 3. The van der Waals surface area contributed by atoms with Crippen LogP contribution in [0.1, 0.15) is 42.9 Å². The fourth-order valence-electron chi connectivity index (χ4n) is 6.42. The third-order valence-corrected chi connectivity index (χ3v) is 7.90. The van der Waals surface area contributed by atoms with Gasteiger partial charge in [-0.3, -0.25) is 4.79 Å². The Kier molecular flexibility index (Phi) is 4.50. The molecular weight excluding hydrogens is 422 g/mol. The minimum absolute atomic E-state index is 0.108. The maximum Gasteiger partial charge on any atom is 0.249 e. The Morgan fingerprint density at radius 3 is 2.73 bits per heavy atom. The molecule has 2 aliphatic carbocycles. The second kappa shape index (κ2) is 7.33. The number of pyridine rings is 1. The van der Waals surface area contributed by atoms with Crippen molar-refractivity contribution in [3.63, 3.8) is 0 Å². The van der Waals surface area contributed by atoms with Gasteiger partial charge in [0.1, 0.15) is 11.6 Å². The van der Waals surface area contributed by atoms with Gasteiger partial charge >= 0.3 is 0 Å². The lowest BCUT2D eigenvalue weighted by atomic mass is 9.67. The molecule has 3 atom stereocenters. The summed E-state index contributed by atoms with van der Waals surface area (Å²) < 4.78 is 28.8. The average molecular weight is 447 g/mol. The number of halogens is 2. The highest BCUT2D eigenvalue weighted by molar-refractivity contribution is 5.65. The minimum Gasteiger partial charge on any atom is -0.371 e. The van der Waals surface area contributed by atoms with Crippen LogP contribution in [0.4, 0.5) is 14.5 Å². The molecule has 1 saturated heterocycles. The predicted octanol–water partition coefficient (Wildman–Crippen LogP) is 4.71. The van der Waals surface area contributed by atoms with E-state index in [2.05, 4.69) is 26.7 Å². The number of H-pyrrole nitrogens is 1. The number of nitrogens with one attached hydrogen (secondary N) is 1. The van der Waals surface area contributed by atoms with Gasteiger partial charge in [-0.25, -0.2) is 8.78 Å². The van der Waals surface area contributed by atoms with E-state index in [0.717, 1.165) is 61.3 Å². The van der Waals surface area contributed by atoms with E-state index in [1.165, 1.54) is 18.2 Å². The van der Waals surface area contributed by atoms with E-state index in [1.807, 2.05) is 12.1 Å². The molecular formula is C26H24F2N4O. The summed E-state index contributed by atoms with van der Waals surface area (Å²) in [6.07, 6.45) is 5.65. The molecule has 0 amide bonds. The van der Waals surface area contributed by atoms with Gasteiger partial charge in [-0.05, 0) is 61.4 Å². The lowest BCUT2D eigenvalue weighted by Crippen LogP contribution is -2.45. The van der Waals surface area contributed by atoms with E-state index < -0.39 is 11.6 Å². The molecule has 1 aromatic carbocycles. The van der Waals surface area contributed by atoms with Crippen LogP contribution in [0.3, 0.4) is 0 Å². The number of piperidine rings is 1. The first-order chi connectivity index (χ1) is 16.0. The number of hydrogen-bond acceptors (Lipinski definition) is 4. The second-order valence-corrected chi connectivity index (χ2v) is 9.41. The van der Waals surface area contributed by atoms with Crippen LogP contribution in [0.5, 0.6) is 0 Å². The van der Waals surface area contributed by atoms with Crippen LogP contribution in [0, 0.1) is 17.6 Å². The van der Waals surface area contributed by atoms with Gasteiger partial charge in [0.2, 0.25) is 5.56 Å². The molecule has 3 heterocycles. The van der Waals surface area contributed by atoms with Gasteiger partial charge in [0.15, 0.2) is 0 Å². The molecule has 0 radical (unpaired) electrons. The van der Waals surface area contributed by atoms with E-state index in [4.69, 9.17) is 0 Å². The molecule has 33 heavy (non-hydrogen) atoms. The smallest absolute Gasteiger partial charge is 0.249 e. The van der Waals surface area contributed by atoms with Crippen molar-refractivity contribution >= 4 is 5.69 Å². The van der Waals surface area contributed by atoms with Crippen LogP contribution in [0.15, 0.2) is 59.5 Å². The summed E-state index contributed by atoms with van der Waals surface area (Å²) in [5, 5.41) is 8.89. The lowest BCUT2D eigenvalue weighted by Gasteiger charge is -2.43. The molecule has 1 saturated carbocycles. The summed E-state index contributed by atoms with van der Waals surface area (Å²) in [4.78, 5) is 16.8. The fourth-order valence-corrected chi connectivity index (χ4v) is 6.42. The van der Waals surface area contributed by atoms with E-state index in [1.54, 1.807) is 12.3 Å². The van der Waals surface area contributed by atoms with Crippen LogP contribution in [0.2, 0.25) is 0 Å². The Balaban J connectivity index is 1.39. The summed E-state index contributed by atoms with van der Waals surface area (Å²) in [6.45, 7) is 6.21. The Morgan fingerprint density at radius 2 is 1.94 bits per heavy atom. The van der Waals surface area contributed by atoms with Crippen molar-refractivity contribution in [2.75, 3.05) is 18.0 Å². The van der Waals surface area contributed by atoms with Crippen LogP contribution in [0.25, 0.3) is 11.3 Å². The molecule has 3 aromatic rings. The molecule has 5 nitrogen and oxygen atoms in total. The van der Waals surface area contributed by atoms with Gasteiger partial charge in [-0.1, -0.05) is 18.2 Å². The third-order valence-electron chi connectivity index (χ3n) is 7.90. The maximum atomic E-state index is 14.4. The number of nitrogens with zero attached hydrogens (tertiary/aromatic N) is 3. The normalized spacial score (nSPS) is 26.0. The Labute approximate surface area is 190 Å². The zero-order valence-electron chi connectivity index (χ0n) is 18.2. The molecule has 168 valence electrons. The predicted molar refractivity (Wildman–Crippen MR) is 122 cm³/mol. The van der Waals surface area contributed by atoms with E-state index >= 15 is 0 Å².